The SMILES string of the molecule is CCOc1cc(C=Nn2c(CC)nc3ccc(Br)cc3c2=O)c(Br)cc1OCc1ccc(Cl)c(Cl)c1. The van der Waals surface area contributed by atoms with Crippen LogP contribution in [-0.4, -0.2) is 22.5 Å². The number of hydrogen-bond donors (Lipinski definition) is 0. The van der Waals surface area contributed by atoms with Gasteiger partial charge in [-0.15, -0.1) is 0 Å². The Kier molecular flexibility index (Phi) is 8.72. The molecule has 10 heteroatoms. The van der Waals surface area contributed by atoms with E-state index in [9.17, 15) is 4.79 Å². The van der Waals surface area contributed by atoms with E-state index < -0.39 is 0 Å². The lowest BCUT2D eigenvalue weighted by Crippen LogP contribution is -2.22. The van der Waals surface area contributed by atoms with Crippen LogP contribution in [0.4, 0.5) is 0 Å². The first-order chi connectivity index (χ1) is 17.3. The number of benzene rings is 3. The van der Waals surface area contributed by atoms with Crippen LogP contribution in [0.1, 0.15) is 30.8 Å². The van der Waals surface area contributed by atoms with Crippen molar-refractivity contribution in [1.82, 2.24) is 9.66 Å². The topological polar surface area (TPSA) is 65.7 Å². The quantitative estimate of drug-likeness (QED) is 0.183. The molecular formula is C26H21Br2Cl2N3O3. The Bertz CT molecular complexity index is 1520. The zero-order valence-electron chi connectivity index (χ0n) is 19.4. The number of aromatic nitrogens is 2. The van der Waals surface area contributed by atoms with Crippen LogP contribution in [0, 0.1) is 0 Å². The van der Waals surface area contributed by atoms with Gasteiger partial charge in [-0.05, 0) is 70.9 Å². The van der Waals surface area contributed by atoms with Crippen LogP contribution >= 0.6 is 55.1 Å². The van der Waals surface area contributed by atoms with E-state index in [4.69, 9.17) is 32.7 Å². The molecule has 0 N–H and O–H groups in total. The Balaban J connectivity index is 1.67. The number of aryl methyl sites for hydroxylation is 1. The van der Waals surface area contributed by atoms with Crippen molar-refractivity contribution in [3.8, 4) is 11.5 Å². The molecule has 186 valence electrons. The second-order valence-corrected chi connectivity index (χ2v) is 10.3. The number of nitrogens with zero attached hydrogens (tertiary/aromatic N) is 3. The van der Waals surface area contributed by atoms with E-state index in [-0.39, 0.29) is 12.2 Å². The summed E-state index contributed by atoms with van der Waals surface area (Å²) in [6.45, 7) is 4.56. The second-order valence-electron chi connectivity index (χ2n) is 7.70. The highest BCUT2D eigenvalue weighted by Crippen LogP contribution is 2.34. The number of hydrogen-bond acceptors (Lipinski definition) is 5. The van der Waals surface area contributed by atoms with Crippen LogP contribution in [0.15, 0.2) is 67.4 Å². The van der Waals surface area contributed by atoms with Gasteiger partial charge < -0.3 is 9.47 Å². The number of rotatable bonds is 8. The van der Waals surface area contributed by atoms with Crippen LogP contribution in [0.5, 0.6) is 11.5 Å². The van der Waals surface area contributed by atoms with Crippen LogP contribution in [0.2, 0.25) is 10.0 Å². The Morgan fingerprint density at radius 2 is 1.78 bits per heavy atom. The van der Waals surface area contributed by atoms with Crippen molar-refractivity contribution >= 4 is 72.2 Å². The van der Waals surface area contributed by atoms with Gasteiger partial charge in [0.2, 0.25) is 0 Å². The summed E-state index contributed by atoms with van der Waals surface area (Å²) in [7, 11) is 0. The van der Waals surface area contributed by atoms with Gasteiger partial charge >= 0.3 is 0 Å². The zero-order valence-corrected chi connectivity index (χ0v) is 24.1. The number of halogens is 4. The average Bonchev–Trinajstić information content (AvgIpc) is 2.86. The maximum absolute atomic E-state index is 13.2. The molecule has 0 aliphatic rings. The summed E-state index contributed by atoms with van der Waals surface area (Å²) in [5.41, 5.74) is 1.98. The van der Waals surface area contributed by atoms with Crippen molar-refractivity contribution < 1.29 is 9.47 Å². The van der Waals surface area contributed by atoms with Gasteiger partial charge in [-0.3, -0.25) is 4.79 Å². The normalized spacial score (nSPS) is 11.4. The molecule has 0 fully saturated rings. The number of fused-ring (bicyclic) bond motifs is 1. The fraction of sp³-hybridized carbons (Fsp3) is 0.192. The van der Waals surface area contributed by atoms with Crippen molar-refractivity contribution in [1.29, 1.82) is 0 Å². The zero-order chi connectivity index (χ0) is 25.8. The van der Waals surface area contributed by atoms with E-state index in [0.717, 1.165) is 14.5 Å². The minimum absolute atomic E-state index is 0.239. The smallest absolute Gasteiger partial charge is 0.282 e. The van der Waals surface area contributed by atoms with Gasteiger partial charge in [-0.1, -0.05) is 52.1 Å². The standard InChI is InChI=1S/C26H21Br2Cl2N3O3/c1-3-25-32-22-8-6-17(27)11-18(22)26(34)33(25)31-13-16-10-23(35-4-2)24(12-19(16)28)36-14-15-5-7-20(29)21(30)9-15/h5-13H,3-4,14H2,1-2H3. The Morgan fingerprint density at radius 3 is 2.50 bits per heavy atom. The molecule has 36 heavy (non-hydrogen) atoms. The van der Waals surface area contributed by atoms with E-state index in [0.29, 0.717) is 56.9 Å². The molecule has 4 rings (SSSR count). The van der Waals surface area contributed by atoms with E-state index in [1.54, 1.807) is 24.4 Å². The molecule has 0 aliphatic carbocycles. The third kappa shape index (κ3) is 5.94. The highest BCUT2D eigenvalue weighted by molar-refractivity contribution is 9.10. The molecule has 3 aromatic carbocycles. The van der Waals surface area contributed by atoms with Crippen LogP contribution in [0.3, 0.4) is 0 Å². The summed E-state index contributed by atoms with van der Waals surface area (Å²) >= 11 is 19.1. The maximum atomic E-state index is 13.2. The molecule has 0 unspecified atom stereocenters. The Morgan fingerprint density at radius 1 is 1.00 bits per heavy atom. The maximum Gasteiger partial charge on any atom is 0.282 e. The minimum atomic E-state index is -0.239. The summed E-state index contributed by atoms with van der Waals surface area (Å²) in [6.07, 6.45) is 2.15. The molecule has 0 amide bonds. The predicted octanol–water partition coefficient (Wildman–Crippen LogP) is 7.65. The van der Waals surface area contributed by atoms with Crippen molar-refractivity contribution in [3.05, 3.63) is 94.8 Å². The van der Waals surface area contributed by atoms with Crippen molar-refractivity contribution in [2.45, 2.75) is 26.9 Å². The first-order valence-electron chi connectivity index (χ1n) is 11.1. The van der Waals surface area contributed by atoms with E-state index in [1.807, 2.05) is 44.2 Å². The van der Waals surface area contributed by atoms with Crippen molar-refractivity contribution in [3.63, 3.8) is 0 Å². The Hall–Kier alpha value is -2.39. The minimum Gasteiger partial charge on any atom is -0.490 e. The average molecular weight is 654 g/mol. The fourth-order valence-corrected chi connectivity index (χ4v) is 4.59. The summed E-state index contributed by atoms with van der Waals surface area (Å²) < 4.78 is 14.7. The van der Waals surface area contributed by atoms with Gasteiger partial charge in [0.25, 0.3) is 5.56 Å². The van der Waals surface area contributed by atoms with Crippen molar-refractivity contribution in [2.75, 3.05) is 6.61 Å². The second kappa shape index (κ2) is 11.8. The summed E-state index contributed by atoms with van der Waals surface area (Å²) in [4.78, 5) is 17.8. The molecule has 0 saturated carbocycles. The molecule has 0 aliphatic heterocycles. The molecule has 6 nitrogen and oxygen atoms in total. The van der Waals surface area contributed by atoms with Gasteiger partial charge in [0.1, 0.15) is 12.4 Å². The summed E-state index contributed by atoms with van der Waals surface area (Å²) in [5.74, 6) is 1.66. The predicted molar refractivity (Wildman–Crippen MR) is 152 cm³/mol. The molecule has 4 aromatic rings. The molecule has 0 bridgehead atoms. The van der Waals surface area contributed by atoms with Gasteiger partial charge in [0.15, 0.2) is 11.5 Å². The summed E-state index contributed by atoms with van der Waals surface area (Å²) in [5, 5.41) is 5.92. The largest absolute Gasteiger partial charge is 0.490 e. The van der Waals surface area contributed by atoms with Crippen LogP contribution in [-0.2, 0) is 13.0 Å². The third-order valence-electron chi connectivity index (χ3n) is 5.25. The Labute approximate surface area is 235 Å². The van der Waals surface area contributed by atoms with E-state index >= 15 is 0 Å². The molecule has 1 heterocycles. The van der Waals surface area contributed by atoms with Gasteiger partial charge in [0, 0.05) is 20.9 Å². The monoisotopic (exact) mass is 651 g/mol. The molecule has 0 saturated heterocycles. The van der Waals surface area contributed by atoms with Crippen LogP contribution < -0.4 is 15.0 Å². The lowest BCUT2D eigenvalue weighted by atomic mass is 10.2. The third-order valence-corrected chi connectivity index (χ3v) is 7.16. The lowest BCUT2D eigenvalue weighted by molar-refractivity contribution is 0.269. The molecule has 0 radical (unpaired) electrons. The first-order valence-corrected chi connectivity index (χ1v) is 13.4. The highest BCUT2D eigenvalue weighted by Gasteiger charge is 2.13. The van der Waals surface area contributed by atoms with Crippen molar-refractivity contribution in [2.24, 2.45) is 5.10 Å². The number of ether oxygens (including phenoxy) is 2. The van der Waals surface area contributed by atoms with E-state index in [2.05, 4.69) is 41.9 Å². The molecule has 0 atom stereocenters. The summed E-state index contributed by atoms with van der Waals surface area (Å²) in [6, 6.07) is 14.4. The molecule has 0 spiro atoms. The van der Waals surface area contributed by atoms with Gasteiger partial charge in [-0.25, -0.2) is 4.98 Å². The van der Waals surface area contributed by atoms with Crippen LogP contribution in [0.25, 0.3) is 10.9 Å². The lowest BCUT2D eigenvalue weighted by Gasteiger charge is -2.14. The molecular weight excluding hydrogens is 633 g/mol. The van der Waals surface area contributed by atoms with E-state index in [1.165, 1.54) is 4.68 Å². The molecule has 1 aromatic heterocycles. The highest BCUT2D eigenvalue weighted by atomic mass is 79.9. The van der Waals surface area contributed by atoms with Gasteiger partial charge in [-0.2, -0.15) is 9.78 Å². The first kappa shape index (κ1) is 26.7. The fourth-order valence-electron chi connectivity index (χ4n) is 3.48. The van der Waals surface area contributed by atoms with Gasteiger partial charge in [0.05, 0.1) is 33.8 Å².